The zero-order valence-corrected chi connectivity index (χ0v) is 30.9. The lowest BCUT2D eigenvalue weighted by Crippen LogP contribution is -2.55. The van der Waals surface area contributed by atoms with Crippen molar-refractivity contribution in [3.8, 4) is 0 Å². The monoisotopic (exact) mass is 667 g/mol. The molecule has 3 N–H and O–H groups in total. The van der Waals surface area contributed by atoms with Crippen molar-refractivity contribution in [2.24, 2.45) is 0 Å². The molecule has 2 amide bonds. The third-order valence-electron chi connectivity index (χ3n) is 9.80. The van der Waals surface area contributed by atoms with Gasteiger partial charge in [-0.25, -0.2) is 0 Å². The maximum Gasteiger partial charge on any atom is 0.279 e. The summed E-state index contributed by atoms with van der Waals surface area (Å²) in [6.45, 7) is 16.0. The van der Waals surface area contributed by atoms with E-state index in [9.17, 15) is 14.7 Å². The van der Waals surface area contributed by atoms with Gasteiger partial charge in [-0.2, -0.15) is 11.8 Å². The van der Waals surface area contributed by atoms with Crippen molar-refractivity contribution in [1.29, 1.82) is 0 Å². The van der Waals surface area contributed by atoms with Gasteiger partial charge >= 0.3 is 0 Å². The first-order chi connectivity index (χ1) is 22.7. The van der Waals surface area contributed by atoms with E-state index >= 15 is 0 Å². The number of aliphatic hydroxyl groups excluding tert-OH is 1. The molecule has 1 saturated heterocycles. The number of para-hydroxylation sites is 2. The zero-order chi connectivity index (χ0) is 34.1. The number of anilines is 2. The van der Waals surface area contributed by atoms with Gasteiger partial charge in [-0.3, -0.25) is 14.5 Å². The number of rotatable bonds is 21. The topological polar surface area (TPSA) is 81.7 Å². The average Bonchev–Trinajstić information content (AvgIpc) is 3.05. The number of nitrogens with zero attached hydrogens (tertiary/aromatic N) is 2. The van der Waals surface area contributed by atoms with Crippen LogP contribution < -0.4 is 10.6 Å². The predicted octanol–water partition coefficient (Wildman–Crippen LogP) is 7.64. The molecule has 2 aromatic carbocycles. The summed E-state index contributed by atoms with van der Waals surface area (Å²) in [4.78, 5) is 29.5. The Morgan fingerprint density at radius 1 is 0.809 bits per heavy atom. The summed E-state index contributed by atoms with van der Waals surface area (Å²) in [5.41, 5.74) is 6.29. The molecule has 1 aliphatic rings. The summed E-state index contributed by atoms with van der Waals surface area (Å²) in [6, 6.07) is 12.2. The molecule has 1 unspecified atom stereocenters. The summed E-state index contributed by atoms with van der Waals surface area (Å²) in [6.07, 6.45) is 10.3. The van der Waals surface area contributed by atoms with Gasteiger partial charge in [-0.1, -0.05) is 49.7 Å². The summed E-state index contributed by atoms with van der Waals surface area (Å²) < 4.78 is 0.795. The number of nitrogens with one attached hydrogen (secondary N) is 2. The molecule has 1 aliphatic heterocycles. The third-order valence-corrected chi connectivity index (χ3v) is 11.0. The smallest absolute Gasteiger partial charge is 0.279 e. The summed E-state index contributed by atoms with van der Waals surface area (Å²) in [5.74, 6) is 2.42. The van der Waals surface area contributed by atoms with Crippen LogP contribution in [0.4, 0.5) is 11.4 Å². The standard InChI is InChI=1S/C39H62N4O3S/c1-6-28-47-29-26-43(25-13-8-14-27-44,30-36(45)40-37-31(2)17-15-18-32(37)3)24-12-7-10-22-42-23-11-9-21-35(42)39(46)41-38-33(4)19-16-20-34(38)5/h15-20,35,44H,6-14,21-30H2,1-5H3,(H-,40,41,45,46)/p+1/t35-,43?/m1/s1. The van der Waals surface area contributed by atoms with E-state index in [0.717, 1.165) is 147 Å². The maximum absolute atomic E-state index is 13.7. The Kier molecular flexibility index (Phi) is 17.3. The Balaban J connectivity index is 1.64. The minimum Gasteiger partial charge on any atom is -0.396 e. The number of likely N-dealkylation sites (tertiary alicyclic amines) is 1. The highest BCUT2D eigenvalue weighted by Crippen LogP contribution is 2.25. The first-order valence-corrected chi connectivity index (χ1v) is 19.4. The van der Waals surface area contributed by atoms with Crippen LogP contribution in [0.3, 0.4) is 0 Å². The number of hydrogen-bond donors (Lipinski definition) is 3. The second-order valence-electron chi connectivity index (χ2n) is 13.7. The van der Waals surface area contributed by atoms with Crippen molar-refractivity contribution < 1.29 is 19.2 Å². The fraction of sp³-hybridized carbons (Fsp3) is 0.641. The molecule has 2 atom stereocenters. The van der Waals surface area contributed by atoms with Gasteiger partial charge in [-0.05, 0) is 127 Å². The SMILES string of the molecule is CCCSCC[N+](CCCCCO)(CCCCCN1CCCC[C@@H]1C(=O)Nc1c(C)cccc1C)CC(=O)Nc1c(C)cccc1C. The number of carbonyl (C=O) groups excluding carboxylic acids is 2. The molecule has 1 heterocycles. The lowest BCUT2D eigenvalue weighted by Gasteiger charge is -2.39. The number of unbranched alkanes of at least 4 members (excludes halogenated alkanes) is 4. The van der Waals surface area contributed by atoms with Gasteiger partial charge in [0.1, 0.15) is 0 Å². The number of hydrogen-bond acceptors (Lipinski definition) is 5. The number of benzene rings is 2. The first kappa shape index (κ1) is 39.1. The fourth-order valence-electron chi connectivity index (χ4n) is 7.02. The zero-order valence-electron chi connectivity index (χ0n) is 30.0. The van der Waals surface area contributed by atoms with Crippen molar-refractivity contribution in [2.45, 2.75) is 105 Å². The first-order valence-electron chi connectivity index (χ1n) is 18.2. The highest BCUT2D eigenvalue weighted by Gasteiger charge is 2.31. The van der Waals surface area contributed by atoms with Gasteiger partial charge < -0.3 is 20.2 Å². The van der Waals surface area contributed by atoms with Gasteiger partial charge in [0.15, 0.2) is 6.54 Å². The number of quaternary nitrogens is 1. The minimum absolute atomic E-state index is 0.0756. The molecule has 0 spiro atoms. The molecule has 3 rings (SSSR count). The molecule has 2 aromatic rings. The number of amides is 2. The molecule has 0 radical (unpaired) electrons. The number of piperidine rings is 1. The highest BCUT2D eigenvalue weighted by molar-refractivity contribution is 7.99. The molecule has 47 heavy (non-hydrogen) atoms. The second-order valence-corrected chi connectivity index (χ2v) is 15.0. The van der Waals surface area contributed by atoms with Gasteiger partial charge in [0.2, 0.25) is 5.91 Å². The quantitative estimate of drug-likeness (QED) is 0.0942. The van der Waals surface area contributed by atoms with Gasteiger partial charge in [0, 0.05) is 23.7 Å². The van der Waals surface area contributed by atoms with Crippen LogP contribution in [-0.4, -0.2) is 89.7 Å². The lowest BCUT2D eigenvalue weighted by molar-refractivity contribution is -0.918. The summed E-state index contributed by atoms with van der Waals surface area (Å²) in [5, 5.41) is 16.0. The molecular formula is C39H63N4O3S+. The van der Waals surface area contributed by atoms with E-state index < -0.39 is 0 Å². The van der Waals surface area contributed by atoms with E-state index in [2.05, 4.69) is 74.4 Å². The Morgan fingerprint density at radius 3 is 2.00 bits per heavy atom. The summed E-state index contributed by atoms with van der Waals surface area (Å²) in [7, 11) is 0. The molecule has 0 bridgehead atoms. The molecule has 0 aliphatic carbocycles. The van der Waals surface area contributed by atoms with E-state index in [0.29, 0.717) is 6.54 Å². The second kappa shape index (κ2) is 20.9. The summed E-state index contributed by atoms with van der Waals surface area (Å²) >= 11 is 2.00. The van der Waals surface area contributed by atoms with Crippen LogP contribution in [0.25, 0.3) is 0 Å². The number of aliphatic hydroxyl groups is 1. The highest BCUT2D eigenvalue weighted by atomic mass is 32.2. The van der Waals surface area contributed by atoms with Crippen LogP contribution in [0.15, 0.2) is 36.4 Å². The van der Waals surface area contributed by atoms with Gasteiger partial charge in [0.25, 0.3) is 5.91 Å². The van der Waals surface area contributed by atoms with Crippen molar-refractivity contribution >= 4 is 35.0 Å². The molecule has 0 aromatic heterocycles. The van der Waals surface area contributed by atoms with Crippen molar-refractivity contribution in [3.05, 3.63) is 58.7 Å². The van der Waals surface area contributed by atoms with Crippen molar-refractivity contribution in [1.82, 2.24) is 4.90 Å². The van der Waals surface area contributed by atoms with Crippen LogP contribution in [-0.2, 0) is 9.59 Å². The molecule has 8 heteroatoms. The van der Waals surface area contributed by atoms with E-state index in [-0.39, 0.29) is 24.5 Å². The van der Waals surface area contributed by atoms with Gasteiger partial charge in [-0.15, -0.1) is 0 Å². The molecule has 262 valence electrons. The Labute approximate surface area is 289 Å². The van der Waals surface area contributed by atoms with E-state index in [4.69, 9.17) is 0 Å². The van der Waals surface area contributed by atoms with Crippen LogP contribution in [0.2, 0.25) is 0 Å². The molecular weight excluding hydrogens is 605 g/mol. The van der Waals surface area contributed by atoms with Gasteiger partial charge in [0.05, 0.1) is 25.7 Å². The van der Waals surface area contributed by atoms with E-state index in [1.54, 1.807) is 0 Å². The number of carbonyl (C=O) groups is 2. The lowest BCUT2D eigenvalue weighted by atomic mass is 10.00. The Bertz CT molecular complexity index is 1200. The average molecular weight is 668 g/mol. The normalized spacial score (nSPS) is 16.5. The third kappa shape index (κ3) is 12.9. The van der Waals surface area contributed by atoms with Crippen molar-refractivity contribution in [2.75, 3.05) is 68.0 Å². The van der Waals surface area contributed by atoms with E-state index in [1.807, 2.05) is 23.9 Å². The van der Waals surface area contributed by atoms with Crippen LogP contribution in [0.1, 0.15) is 93.4 Å². The Hall–Kier alpha value is -2.39. The molecule has 7 nitrogen and oxygen atoms in total. The largest absolute Gasteiger partial charge is 0.396 e. The van der Waals surface area contributed by atoms with Crippen molar-refractivity contribution in [3.63, 3.8) is 0 Å². The van der Waals surface area contributed by atoms with Crippen LogP contribution in [0, 0.1) is 27.7 Å². The predicted molar refractivity (Wildman–Crippen MR) is 200 cm³/mol. The number of thioether (sulfide) groups is 1. The molecule has 0 saturated carbocycles. The number of aryl methyl sites for hydroxylation is 4. The Morgan fingerprint density at radius 2 is 1.40 bits per heavy atom. The fourth-order valence-corrected chi connectivity index (χ4v) is 8.03. The maximum atomic E-state index is 13.7. The van der Waals surface area contributed by atoms with Crippen LogP contribution >= 0.6 is 11.8 Å². The van der Waals surface area contributed by atoms with Crippen LogP contribution in [0.5, 0.6) is 0 Å². The minimum atomic E-state index is -0.0756. The molecule has 1 fully saturated rings. The van der Waals surface area contributed by atoms with E-state index in [1.165, 1.54) is 0 Å².